The highest BCUT2D eigenvalue weighted by molar-refractivity contribution is 5.88. The lowest BCUT2D eigenvalue weighted by Gasteiger charge is -2.15. The van der Waals surface area contributed by atoms with E-state index in [9.17, 15) is 15.3 Å². The minimum atomic E-state index is -1.22. The highest BCUT2D eigenvalue weighted by Crippen LogP contribution is 2.32. The van der Waals surface area contributed by atoms with Gasteiger partial charge in [-0.15, -0.1) is 0 Å². The van der Waals surface area contributed by atoms with Gasteiger partial charge in [0.05, 0.1) is 18.2 Å². The topological polar surface area (TPSA) is 126 Å². The molecule has 1 unspecified atom stereocenters. The van der Waals surface area contributed by atoms with Gasteiger partial charge >= 0.3 is 0 Å². The van der Waals surface area contributed by atoms with Crippen molar-refractivity contribution in [1.29, 1.82) is 0 Å². The molecule has 1 aromatic carbocycles. The maximum absolute atomic E-state index is 10.2. The Hall–Kier alpha value is -2.59. The minimum absolute atomic E-state index is 0.399. The molecule has 1 aliphatic rings. The molecule has 0 radical (unpaired) electrons. The first-order chi connectivity index (χ1) is 12.2. The van der Waals surface area contributed by atoms with Crippen molar-refractivity contribution in [2.75, 3.05) is 11.9 Å². The van der Waals surface area contributed by atoms with Crippen LogP contribution in [-0.4, -0.2) is 60.0 Å². The second-order valence-corrected chi connectivity index (χ2v) is 5.77. The summed E-state index contributed by atoms with van der Waals surface area (Å²) in [5.74, 6) is 0.564. The van der Waals surface area contributed by atoms with Gasteiger partial charge in [0.1, 0.15) is 30.5 Å². The van der Waals surface area contributed by atoms with E-state index in [0.717, 1.165) is 5.69 Å². The summed E-state index contributed by atoms with van der Waals surface area (Å²) in [6.07, 6.45) is -1.28. The Bertz CT molecular complexity index is 871. The highest BCUT2D eigenvalue weighted by atomic mass is 16.6. The molecule has 9 heteroatoms. The van der Waals surface area contributed by atoms with E-state index in [-0.39, 0.29) is 0 Å². The Balaban J connectivity index is 1.70. The van der Waals surface area contributed by atoms with E-state index in [2.05, 4.69) is 20.4 Å². The van der Waals surface area contributed by atoms with Crippen molar-refractivity contribution in [3.63, 3.8) is 0 Å². The van der Waals surface area contributed by atoms with Gasteiger partial charge in [0.25, 0.3) is 0 Å². The number of aromatic nitrogens is 4. The van der Waals surface area contributed by atoms with Crippen LogP contribution >= 0.6 is 0 Å². The molecule has 1 fully saturated rings. The van der Waals surface area contributed by atoms with Gasteiger partial charge in [-0.05, 0) is 12.1 Å². The number of para-hydroxylation sites is 1. The Kier molecular flexibility index (Phi) is 4.06. The molecule has 0 saturated carbocycles. The number of aliphatic hydroxyl groups is 3. The van der Waals surface area contributed by atoms with Crippen molar-refractivity contribution >= 4 is 22.5 Å². The largest absolute Gasteiger partial charge is 0.394 e. The smallest absolute Gasteiger partial charge is 0.181 e. The molecule has 3 aromatic rings. The number of hydrogen-bond donors (Lipinski definition) is 4. The number of hydrogen-bond acceptors (Lipinski definition) is 8. The first-order valence-corrected chi connectivity index (χ1v) is 7.82. The Labute approximate surface area is 142 Å². The molecular formula is C16H17N5O4. The minimum Gasteiger partial charge on any atom is -0.394 e. The molecule has 1 saturated heterocycles. The number of anilines is 2. The number of nitrogens with one attached hydrogen (secondary N) is 1. The monoisotopic (exact) mass is 343 g/mol. The van der Waals surface area contributed by atoms with Crippen LogP contribution < -0.4 is 5.32 Å². The molecule has 4 rings (SSSR count). The summed E-state index contributed by atoms with van der Waals surface area (Å²) in [4.78, 5) is 8.45. The van der Waals surface area contributed by atoms with E-state index < -0.39 is 31.1 Å². The highest BCUT2D eigenvalue weighted by Gasteiger charge is 2.44. The predicted molar refractivity (Wildman–Crippen MR) is 88.1 cm³/mol. The Morgan fingerprint density at radius 1 is 1.12 bits per heavy atom. The molecule has 9 nitrogen and oxygen atoms in total. The summed E-state index contributed by atoms with van der Waals surface area (Å²) in [6.45, 7) is -0.399. The molecular weight excluding hydrogens is 326 g/mol. The second kappa shape index (κ2) is 6.37. The second-order valence-electron chi connectivity index (χ2n) is 5.77. The van der Waals surface area contributed by atoms with Crippen molar-refractivity contribution in [2.45, 2.75) is 24.5 Å². The third-order valence-electron chi connectivity index (χ3n) is 4.19. The molecule has 4 N–H and O–H groups in total. The fourth-order valence-electron chi connectivity index (χ4n) is 2.89. The molecule has 3 heterocycles. The maximum atomic E-state index is 10.2. The maximum Gasteiger partial charge on any atom is 0.181 e. The number of nitrogens with zero attached hydrogens (tertiary/aromatic N) is 4. The van der Waals surface area contributed by atoms with E-state index >= 15 is 0 Å². The van der Waals surface area contributed by atoms with E-state index in [1.165, 1.54) is 11.0 Å². The van der Waals surface area contributed by atoms with Crippen LogP contribution in [0, 0.1) is 0 Å². The lowest BCUT2D eigenvalue weighted by molar-refractivity contribution is -0.0566. The first kappa shape index (κ1) is 15.9. The van der Waals surface area contributed by atoms with Crippen LogP contribution in [0.5, 0.6) is 0 Å². The fourth-order valence-corrected chi connectivity index (χ4v) is 2.89. The van der Waals surface area contributed by atoms with Crippen molar-refractivity contribution < 1.29 is 20.1 Å². The van der Waals surface area contributed by atoms with Gasteiger partial charge in [0.2, 0.25) is 0 Å². The first-order valence-electron chi connectivity index (χ1n) is 7.82. The average Bonchev–Trinajstić information content (AvgIpc) is 3.18. The van der Waals surface area contributed by atoms with Crippen LogP contribution in [-0.2, 0) is 4.74 Å². The van der Waals surface area contributed by atoms with E-state index in [4.69, 9.17) is 4.74 Å². The van der Waals surface area contributed by atoms with E-state index in [1.54, 1.807) is 6.20 Å². The molecule has 0 amide bonds. The summed E-state index contributed by atoms with van der Waals surface area (Å²) in [6, 6.07) is 9.54. The number of ether oxygens (including phenoxy) is 1. The van der Waals surface area contributed by atoms with E-state index in [1.807, 2.05) is 30.3 Å². The Morgan fingerprint density at radius 2 is 1.92 bits per heavy atom. The van der Waals surface area contributed by atoms with Crippen LogP contribution in [0.2, 0.25) is 0 Å². The standard InChI is InChI=1S/C16H17N5O4/c22-7-11-12(23)13(24)16(25-11)21-15-10(6-19-21)14(17-8-18-15)20-9-4-2-1-3-5-9/h1-6,8,11-13,16,22-24H,7H2,(H,17,18,20)/t11-,12-,13-,16?/m1/s1. The average molecular weight is 343 g/mol. The molecule has 0 spiro atoms. The third-order valence-corrected chi connectivity index (χ3v) is 4.19. The number of aliphatic hydroxyl groups excluding tert-OH is 3. The van der Waals surface area contributed by atoms with Crippen molar-refractivity contribution in [1.82, 2.24) is 19.7 Å². The summed E-state index contributed by atoms with van der Waals surface area (Å²) in [5, 5.41) is 37.4. The zero-order valence-corrected chi connectivity index (χ0v) is 13.1. The van der Waals surface area contributed by atoms with Crippen LogP contribution in [0.15, 0.2) is 42.9 Å². The van der Waals surface area contributed by atoms with Crippen LogP contribution in [0.1, 0.15) is 6.23 Å². The van der Waals surface area contributed by atoms with Crippen molar-refractivity contribution in [2.24, 2.45) is 0 Å². The molecule has 130 valence electrons. The normalized spacial score (nSPS) is 26.2. The van der Waals surface area contributed by atoms with Crippen molar-refractivity contribution in [3.05, 3.63) is 42.9 Å². The van der Waals surface area contributed by atoms with Crippen molar-refractivity contribution in [3.8, 4) is 0 Å². The van der Waals surface area contributed by atoms with Gasteiger partial charge < -0.3 is 25.4 Å². The molecule has 4 atom stereocenters. The predicted octanol–water partition coefficient (Wildman–Crippen LogP) is 0.181. The van der Waals surface area contributed by atoms with Gasteiger partial charge in [-0.1, -0.05) is 18.2 Å². The van der Waals surface area contributed by atoms with Gasteiger partial charge in [0.15, 0.2) is 11.9 Å². The number of fused-ring (bicyclic) bond motifs is 1. The molecule has 25 heavy (non-hydrogen) atoms. The zero-order valence-electron chi connectivity index (χ0n) is 13.1. The lowest BCUT2D eigenvalue weighted by atomic mass is 10.1. The summed E-state index contributed by atoms with van der Waals surface area (Å²) >= 11 is 0. The summed E-state index contributed by atoms with van der Waals surface area (Å²) in [7, 11) is 0. The number of benzene rings is 1. The summed E-state index contributed by atoms with van der Waals surface area (Å²) in [5.41, 5.74) is 1.31. The SMILES string of the molecule is OC[C@H]1OC(n2ncc3c(Nc4ccccc4)ncnc32)[C@H](O)[C@@H]1O. The van der Waals surface area contributed by atoms with E-state index in [0.29, 0.717) is 16.9 Å². The number of rotatable bonds is 4. The molecule has 0 bridgehead atoms. The van der Waals surface area contributed by atoms with Gasteiger partial charge in [-0.25, -0.2) is 14.6 Å². The van der Waals surface area contributed by atoms with Gasteiger partial charge in [-0.2, -0.15) is 5.10 Å². The molecule has 1 aliphatic heterocycles. The molecule has 2 aromatic heterocycles. The van der Waals surface area contributed by atoms with Crippen LogP contribution in [0.4, 0.5) is 11.5 Å². The Morgan fingerprint density at radius 3 is 2.64 bits per heavy atom. The quantitative estimate of drug-likeness (QED) is 0.529. The fraction of sp³-hybridized carbons (Fsp3) is 0.312. The lowest BCUT2D eigenvalue weighted by Crippen LogP contribution is -2.33. The zero-order chi connectivity index (χ0) is 17.4. The van der Waals surface area contributed by atoms with Crippen LogP contribution in [0.25, 0.3) is 11.0 Å². The van der Waals surface area contributed by atoms with Gasteiger partial charge in [0, 0.05) is 5.69 Å². The summed E-state index contributed by atoms with van der Waals surface area (Å²) < 4.78 is 6.90. The van der Waals surface area contributed by atoms with Gasteiger partial charge in [-0.3, -0.25) is 0 Å². The van der Waals surface area contributed by atoms with Crippen LogP contribution in [0.3, 0.4) is 0 Å². The third kappa shape index (κ3) is 2.72. The molecule has 0 aliphatic carbocycles.